The molecule has 0 bridgehead atoms. The summed E-state index contributed by atoms with van der Waals surface area (Å²) in [5.41, 5.74) is 1.25. The van der Waals surface area contributed by atoms with E-state index in [0.717, 1.165) is 0 Å². The molecule has 0 radical (unpaired) electrons. The number of carbonyl (C=O) groups is 3. The summed E-state index contributed by atoms with van der Waals surface area (Å²) in [4.78, 5) is 37.8. The molecule has 0 unspecified atom stereocenters. The fourth-order valence-corrected chi connectivity index (χ4v) is 2.92. The summed E-state index contributed by atoms with van der Waals surface area (Å²) in [6.07, 6.45) is 1.65. The molecule has 2 rings (SSSR count). The van der Waals surface area contributed by atoms with Crippen LogP contribution in [-0.4, -0.2) is 56.0 Å². The van der Waals surface area contributed by atoms with Crippen LogP contribution in [0, 0.1) is 5.92 Å². The SMILES string of the molecule is CCOC(=O)C1CCN(C(=O)c2ccc(NC(=O)CCNC)cc2)CC1.Cl. The summed E-state index contributed by atoms with van der Waals surface area (Å²) in [5, 5.41) is 5.72. The third kappa shape index (κ3) is 6.84. The van der Waals surface area contributed by atoms with Crippen molar-refractivity contribution in [3.63, 3.8) is 0 Å². The maximum absolute atomic E-state index is 12.6. The van der Waals surface area contributed by atoms with Gasteiger partial charge in [0.05, 0.1) is 12.5 Å². The highest BCUT2D eigenvalue weighted by Gasteiger charge is 2.28. The number of hydrogen-bond acceptors (Lipinski definition) is 5. The van der Waals surface area contributed by atoms with Gasteiger partial charge in [-0.3, -0.25) is 14.4 Å². The first-order valence-electron chi connectivity index (χ1n) is 9.05. The van der Waals surface area contributed by atoms with E-state index in [1.165, 1.54) is 0 Å². The molecule has 1 saturated heterocycles. The number of halogens is 1. The fourth-order valence-electron chi connectivity index (χ4n) is 2.92. The van der Waals surface area contributed by atoms with E-state index >= 15 is 0 Å². The molecule has 0 atom stereocenters. The van der Waals surface area contributed by atoms with Gasteiger partial charge in [-0.1, -0.05) is 0 Å². The predicted octanol–water partition coefficient (Wildman–Crippen LogP) is 2.07. The van der Waals surface area contributed by atoms with Gasteiger partial charge in [0.25, 0.3) is 5.91 Å². The number of nitrogens with zero attached hydrogens (tertiary/aromatic N) is 1. The number of ether oxygens (including phenoxy) is 1. The Balaban J connectivity index is 0.00000364. The van der Waals surface area contributed by atoms with Gasteiger partial charge in [0, 0.05) is 37.3 Å². The lowest BCUT2D eigenvalue weighted by molar-refractivity contribution is -0.149. The fraction of sp³-hybridized carbons (Fsp3) is 0.526. The third-order valence-corrected chi connectivity index (χ3v) is 4.42. The summed E-state index contributed by atoms with van der Waals surface area (Å²) >= 11 is 0. The van der Waals surface area contributed by atoms with Gasteiger partial charge in [-0.2, -0.15) is 0 Å². The number of piperidine rings is 1. The Kier molecular flexibility index (Phi) is 9.82. The molecule has 1 aliphatic rings. The summed E-state index contributed by atoms with van der Waals surface area (Å²) in [7, 11) is 1.79. The Morgan fingerprint density at radius 1 is 1.15 bits per heavy atom. The number of esters is 1. The number of nitrogens with one attached hydrogen (secondary N) is 2. The average Bonchev–Trinajstić information content (AvgIpc) is 2.66. The van der Waals surface area contributed by atoms with Crippen molar-refractivity contribution < 1.29 is 19.1 Å². The lowest BCUT2D eigenvalue weighted by Gasteiger charge is -2.31. The molecule has 8 heteroatoms. The van der Waals surface area contributed by atoms with Gasteiger partial charge in [0.2, 0.25) is 5.91 Å². The molecule has 0 aromatic heterocycles. The van der Waals surface area contributed by atoms with Crippen molar-refractivity contribution in [2.24, 2.45) is 5.92 Å². The van der Waals surface area contributed by atoms with Crippen LogP contribution in [0.25, 0.3) is 0 Å². The minimum atomic E-state index is -0.169. The van der Waals surface area contributed by atoms with Crippen molar-refractivity contribution >= 4 is 35.9 Å². The molecule has 1 heterocycles. The van der Waals surface area contributed by atoms with Crippen LogP contribution < -0.4 is 10.6 Å². The van der Waals surface area contributed by atoms with Crippen LogP contribution in [0.5, 0.6) is 0 Å². The third-order valence-electron chi connectivity index (χ3n) is 4.42. The second-order valence-electron chi connectivity index (χ2n) is 6.30. The standard InChI is InChI=1S/C19H27N3O4.ClH/c1-3-26-19(25)15-9-12-22(13-10-15)18(24)14-4-6-16(7-5-14)21-17(23)8-11-20-2;/h4-7,15,20H,3,8-13H2,1-2H3,(H,21,23);1H. The molecular formula is C19H28ClN3O4. The molecule has 0 aliphatic carbocycles. The monoisotopic (exact) mass is 397 g/mol. The van der Waals surface area contributed by atoms with E-state index in [2.05, 4.69) is 10.6 Å². The number of benzene rings is 1. The molecular weight excluding hydrogens is 370 g/mol. The number of rotatable bonds is 7. The average molecular weight is 398 g/mol. The van der Waals surface area contributed by atoms with Crippen LogP contribution in [-0.2, 0) is 14.3 Å². The molecule has 150 valence electrons. The number of anilines is 1. The first-order valence-corrected chi connectivity index (χ1v) is 9.05. The van der Waals surface area contributed by atoms with Gasteiger partial charge in [-0.05, 0) is 51.1 Å². The van der Waals surface area contributed by atoms with E-state index in [4.69, 9.17) is 4.74 Å². The number of hydrogen-bond donors (Lipinski definition) is 2. The van der Waals surface area contributed by atoms with Crippen LogP contribution >= 0.6 is 12.4 Å². The molecule has 2 amide bonds. The summed E-state index contributed by atoms with van der Waals surface area (Å²) in [5.74, 6) is -0.410. The summed E-state index contributed by atoms with van der Waals surface area (Å²) in [6.45, 7) is 3.89. The zero-order chi connectivity index (χ0) is 18.9. The van der Waals surface area contributed by atoms with Gasteiger partial charge < -0.3 is 20.3 Å². The Bertz CT molecular complexity index is 628. The normalized spacial score (nSPS) is 14.2. The van der Waals surface area contributed by atoms with Crippen LogP contribution in [0.15, 0.2) is 24.3 Å². The van der Waals surface area contributed by atoms with Crippen LogP contribution in [0.4, 0.5) is 5.69 Å². The Morgan fingerprint density at radius 2 is 1.78 bits per heavy atom. The van der Waals surface area contributed by atoms with E-state index in [9.17, 15) is 14.4 Å². The predicted molar refractivity (Wildman–Crippen MR) is 106 cm³/mol. The van der Waals surface area contributed by atoms with Gasteiger partial charge in [0.1, 0.15) is 0 Å². The highest BCUT2D eigenvalue weighted by atomic mass is 35.5. The Labute approximate surface area is 166 Å². The van der Waals surface area contributed by atoms with E-state index in [1.54, 1.807) is 43.1 Å². The number of likely N-dealkylation sites (tertiary alicyclic amines) is 1. The topological polar surface area (TPSA) is 87.7 Å². The van der Waals surface area contributed by atoms with Crippen LogP contribution in [0.1, 0.15) is 36.5 Å². The second kappa shape index (κ2) is 11.6. The van der Waals surface area contributed by atoms with Crippen LogP contribution in [0.3, 0.4) is 0 Å². The Hall–Kier alpha value is -2.12. The van der Waals surface area contributed by atoms with E-state index in [-0.39, 0.29) is 36.1 Å². The maximum Gasteiger partial charge on any atom is 0.309 e. The molecule has 1 aromatic carbocycles. The molecule has 1 aromatic rings. The summed E-state index contributed by atoms with van der Waals surface area (Å²) in [6, 6.07) is 6.90. The lowest BCUT2D eigenvalue weighted by Crippen LogP contribution is -2.40. The molecule has 0 spiro atoms. The Morgan fingerprint density at radius 3 is 2.33 bits per heavy atom. The molecule has 27 heavy (non-hydrogen) atoms. The van der Waals surface area contributed by atoms with E-state index in [0.29, 0.717) is 56.8 Å². The minimum absolute atomic E-state index is 0. The number of amides is 2. The molecule has 7 nitrogen and oxygen atoms in total. The van der Waals surface area contributed by atoms with Gasteiger partial charge in [0.15, 0.2) is 0 Å². The highest BCUT2D eigenvalue weighted by molar-refractivity contribution is 5.96. The summed E-state index contributed by atoms with van der Waals surface area (Å²) < 4.78 is 5.05. The van der Waals surface area contributed by atoms with Gasteiger partial charge in [-0.15, -0.1) is 12.4 Å². The van der Waals surface area contributed by atoms with Crippen molar-refractivity contribution in [1.29, 1.82) is 0 Å². The molecule has 0 saturated carbocycles. The van der Waals surface area contributed by atoms with E-state index < -0.39 is 0 Å². The van der Waals surface area contributed by atoms with Gasteiger partial charge in [-0.25, -0.2) is 0 Å². The first kappa shape index (κ1) is 22.9. The second-order valence-corrected chi connectivity index (χ2v) is 6.30. The zero-order valence-electron chi connectivity index (χ0n) is 15.8. The molecule has 2 N–H and O–H groups in total. The smallest absolute Gasteiger partial charge is 0.309 e. The maximum atomic E-state index is 12.6. The highest BCUT2D eigenvalue weighted by Crippen LogP contribution is 2.21. The van der Waals surface area contributed by atoms with Crippen LogP contribution in [0.2, 0.25) is 0 Å². The van der Waals surface area contributed by atoms with Crippen molar-refractivity contribution in [2.45, 2.75) is 26.2 Å². The van der Waals surface area contributed by atoms with Crippen molar-refractivity contribution in [3.05, 3.63) is 29.8 Å². The van der Waals surface area contributed by atoms with Crippen molar-refractivity contribution in [1.82, 2.24) is 10.2 Å². The zero-order valence-corrected chi connectivity index (χ0v) is 16.6. The number of carbonyl (C=O) groups excluding carboxylic acids is 3. The quantitative estimate of drug-likeness (QED) is 0.688. The largest absolute Gasteiger partial charge is 0.466 e. The molecule has 1 fully saturated rings. The van der Waals surface area contributed by atoms with Crippen molar-refractivity contribution in [2.75, 3.05) is 38.6 Å². The first-order chi connectivity index (χ1) is 12.5. The molecule has 1 aliphatic heterocycles. The van der Waals surface area contributed by atoms with E-state index in [1.807, 2.05) is 0 Å². The van der Waals surface area contributed by atoms with Crippen molar-refractivity contribution in [3.8, 4) is 0 Å². The lowest BCUT2D eigenvalue weighted by atomic mass is 9.96. The minimum Gasteiger partial charge on any atom is -0.466 e. The van der Waals surface area contributed by atoms with Gasteiger partial charge >= 0.3 is 5.97 Å².